The molecule has 0 atom stereocenters. The molecular formula is C26H32N6O2S. The summed E-state index contributed by atoms with van der Waals surface area (Å²) >= 11 is 5.46. The first kappa shape index (κ1) is 23.7. The molecule has 5 rings (SSSR count). The second kappa shape index (κ2) is 11.2. The minimum Gasteiger partial charge on any atom is -0.494 e. The van der Waals surface area contributed by atoms with Crippen molar-refractivity contribution < 1.29 is 9.47 Å². The molecule has 0 radical (unpaired) electrons. The smallest absolute Gasteiger partial charge is 0.178 e. The van der Waals surface area contributed by atoms with Gasteiger partial charge in [0.2, 0.25) is 0 Å². The molecule has 3 heterocycles. The maximum Gasteiger partial charge on any atom is 0.178 e. The van der Waals surface area contributed by atoms with Gasteiger partial charge in [0, 0.05) is 31.6 Å². The number of hydrogen-bond donors (Lipinski definition) is 2. The SMILES string of the molecule is CCn1c(=S)[nH]c2cc3c(NCc4ccc(OCCCCN5CCOCC5)cc4)ncnc3cc21. The monoisotopic (exact) mass is 492 g/mol. The van der Waals surface area contributed by atoms with E-state index in [0.29, 0.717) is 6.54 Å². The van der Waals surface area contributed by atoms with E-state index in [4.69, 9.17) is 21.7 Å². The molecule has 1 aliphatic rings. The summed E-state index contributed by atoms with van der Waals surface area (Å²) in [5, 5.41) is 4.43. The number of aromatic amines is 1. The number of aryl methyl sites for hydroxylation is 1. The highest BCUT2D eigenvalue weighted by atomic mass is 32.1. The molecule has 1 saturated heterocycles. The molecular weight excluding hydrogens is 460 g/mol. The Labute approximate surface area is 210 Å². The van der Waals surface area contributed by atoms with Gasteiger partial charge in [-0.15, -0.1) is 0 Å². The number of nitrogens with one attached hydrogen (secondary N) is 2. The predicted molar refractivity (Wildman–Crippen MR) is 142 cm³/mol. The number of benzene rings is 2. The third-order valence-corrected chi connectivity index (χ3v) is 6.79. The van der Waals surface area contributed by atoms with Crippen molar-refractivity contribution in [2.24, 2.45) is 0 Å². The second-order valence-electron chi connectivity index (χ2n) is 8.79. The van der Waals surface area contributed by atoms with Crippen LogP contribution in [0.2, 0.25) is 0 Å². The van der Waals surface area contributed by atoms with E-state index in [1.807, 2.05) is 12.1 Å². The molecule has 2 aromatic carbocycles. The first-order valence-corrected chi connectivity index (χ1v) is 12.7. The lowest BCUT2D eigenvalue weighted by Crippen LogP contribution is -2.36. The molecule has 4 aromatic rings. The minimum absolute atomic E-state index is 0.663. The standard InChI is InChI=1S/C26H32N6O2S/c1-2-32-24-16-22-21(15-23(24)30-26(32)35)25(29-18-28-22)27-17-19-5-7-20(8-6-19)34-12-4-3-9-31-10-13-33-14-11-31/h5-8,15-16,18H,2-4,9-14,17H2,1H3,(H,30,35)(H,27,28,29). The van der Waals surface area contributed by atoms with Crippen molar-refractivity contribution in [1.82, 2.24) is 24.4 Å². The molecule has 1 aliphatic heterocycles. The van der Waals surface area contributed by atoms with E-state index in [9.17, 15) is 0 Å². The molecule has 184 valence electrons. The summed E-state index contributed by atoms with van der Waals surface area (Å²) in [6, 6.07) is 12.4. The van der Waals surface area contributed by atoms with Crippen LogP contribution in [0.5, 0.6) is 5.75 Å². The van der Waals surface area contributed by atoms with Crippen LogP contribution in [-0.2, 0) is 17.8 Å². The Morgan fingerprint density at radius 1 is 1.11 bits per heavy atom. The summed E-state index contributed by atoms with van der Waals surface area (Å²) in [6.07, 6.45) is 3.81. The molecule has 0 bridgehead atoms. The summed E-state index contributed by atoms with van der Waals surface area (Å²) in [6.45, 7) is 9.24. The molecule has 0 saturated carbocycles. The third kappa shape index (κ3) is 5.63. The number of hydrogen-bond acceptors (Lipinski definition) is 7. The van der Waals surface area contributed by atoms with Gasteiger partial charge in [-0.2, -0.15) is 0 Å². The van der Waals surface area contributed by atoms with Crippen LogP contribution in [0.25, 0.3) is 21.9 Å². The average molecular weight is 493 g/mol. The Bertz CT molecular complexity index is 1330. The van der Waals surface area contributed by atoms with Crippen LogP contribution in [-0.4, -0.2) is 63.9 Å². The lowest BCUT2D eigenvalue weighted by molar-refractivity contribution is 0.0368. The van der Waals surface area contributed by atoms with E-state index >= 15 is 0 Å². The van der Waals surface area contributed by atoms with E-state index < -0.39 is 0 Å². The van der Waals surface area contributed by atoms with Gasteiger partial charge in [-0.05, 0) is 68.4 Å². The van der Waals surface area contributed by atoms with Crippen molar-refractivity contribution in [2.45, 2.75) is 32.9 Å². The van der Waals surface area contributed by atoms with Gasteiger partial charge >= 0.3 is 0 Å². The van der Waals surface area contributed by atoms with E-state index in [2.05, 4.69) is 60.9 Å². The summed E-state index contributed by atoms with van der Waals surface area (Å²) in [5.74, 6) is 1.71. The molecule has 9 heteroatoms. The van der Waals surface area contributed by atoms with Crippen molar-refractivity contribution in [2.75, 3.05) is 44.8 Å². The zero-order valence-electron chi connectivity index (χ0n) is 20.1. The van der Waals surface area contributed by atoms with Crippen LogP contribution in [0.3, 0.4) is 0 Å². The van der Waals surface area contributed by atoms with Crippen LogP contribution in [0.15, 0.2) is 42.7 Å². The molecule has 0 spiro atoms. The van der Waals surface area contributed by atoms with Gasteiger partial charge in [0.05, 0.1) is 36.4 Å². The fourth-order valence-electron chi connectivity index (χ4n) is 4.50. The summed E-state index contributed by atoms with van der Waals surface area (Å²) < 4.78 is 14.1. The number of H-pyrrole nitrogens is 1. The summed E-state index contributed by atoms with van der Waals surface area (Å²) in [5.41, 5.74) is 4.11. The quantitative estimate of drug-likeness (QED) is 0.244. The Kier molecular flexibility index (Phi) is 7.56. The zero-order chi connectivity index (χ0) is 24.0. The first-order valence-electron chi connectivity index (χ1n) is 12.3. The average Bonchev–Trinajstić information content (AvgIpc) is 3.21. The Balaban J connectivity index is 1.15. The highest BCUT2D eigenvalue weighted by Crippen LogP contribution is 2.26. The largest absolute Gasteiger partial charge is 0.494 e. The molecule has 35 heavy (non-hydrogen) atoms. The van der Waals surface area contributed by atoms with E-state index in [1.165, 1.54) is 0 Å². The maximum atomic E-state index is 5.93. The summed E-state index contributed by atoms with van der Waals surface area (Å²) in [7, 11) is 0. The normalized spacial score (nSPS) is 14.5. The number of ether oxygens (including phenoxy) is 2. The number of unbranched alkanes of at least 4 members (excludes halogenated alkanes) is 1. The number of aromatic nitrogens is 4. The Morgan fingerprint density at radius 2 is 1.94 bits per heavy atom. The molecule has 2 N–H and O–H groups in total. The molecule has 8 nitrogen and oxygen atoms in total. The van der Waals surface area contributed by atoms with Crippen molar-refractivity contribution >= 4 is 40.0 Å². The van der Waals surface area contributed by atoms with Gasteiger partial charge in [0.15, 0.2) is 4.77 Å². The van der Waals surface area contributed by atoms with Gasteiger partial charge in [0.1, 0.15) is 17.9 Å². The van der Waals surface area contributed by atoms with Crippen molar-refractivity contribution in [1.29, 1.82) is 0 Å². The van der Waals surface area contributed by atoms with Gasteiger partial charge < -0.3 is 24.3 Å². The van der Waals surface area contributed by atoms with Gasteiger partial charge in [-0.1, -0.05) is 12.1 Å². The van der Waals surface area contributed by atoms with E-state index in [0.717, 1.165) is 103 Å². The number of fused-ring (bicyclic) bond motifs is 2. The molecule has 2 aromatic heterocycles. The maximum absolute atomic E-state index is 5.93. The van der Waals surface area contributed by atoms with Gasteiger partial charge in [0.25, 0.3) is 0 Å². The minimum atomic E-state index is 0.663. The number of morpholine rings is 1. The van der Waals surface area contributed by atoms with Crippen LogP contribution < -0.4 is 10.1 Å². The van der Waals surface area contributed by atoms with E-state index in [-0.39, 0.29) is 0 Å². The second-order valence-corrected chi connectivity index (χ2v) is 9.18. The lowest BCUT2D eigenvalue weighted by Gasteiger charge is -2.26. The topological polar surface area (TPSA) is 80.2 Å². The molecule has 0 amide bonds. The van der Waals surface area contributed by atoms with Crippen molar-refractivity contribution in [3.63, 3.8) is 0 Å². The van der Waals surface area contributed by atoms with Crippen LogP contribution in [0.4, 0.5) is 5.82 Å². The Morgan fingerprint density at radius 3 is 2.74 bits per heavy atom. The Hall–Kier alpha value is -3.01. The fourth-order valence-corrected chi connectivity index (χ4v) is 4.84. The lowest BCUT2D eigenvalue weighted by atomic mass is 10.2. The van der Waals surface area contributed by atoms with Crippen LogP contribution >= 0.6 is 12.2 Å². The van der Waals surface area contributed by atoms with Crippen LogP contribution in [0.1, 0.15) is 25.3 Å². The predicted octanol–water partition coefficient (Wildman–Crippen LogP) is 4.77. The highest BCUT2D eigenvalue weighted by Gasteiger charge is 2.11. The number of anilines is 1. The molecule has 1 fully saturated rings. The van der Waals surface area contributed by atoms with Crippen LogP contribution in [0, 0.1) is 4.77 Å². The zero-order valence-corrected chi connectivity index (χ0v) is 20.9. The third-order valence-electron chi connectivity index (χ3n) is 6.47. The van der Waals surface area contributed by atoms with Gasteiger partial charge in [-0.25, -0.2) is 9.97 Å². The fraction of sp³-hybridized carbons (Fsp3) is 0.423. The molecule has 0 aliphatic carbocycles. The number of rotatable bonds is 10. The number of nitrogens with zero attached hydrogens (tertiary/aromatic N) is 4. The van der Waals surface area contributed by atoms with Gasteiger partial charge in [-0.3, -0.25) is 4.90 Å². The van der Waals surface area contributed by atoms with E-state index in [1.54, 1.807) is 6.33 Å². The molecule has 0 unspecified atom stereocenters. The highest BCUT2D eigenvalue weighted by molar-refractivity contribution is 7.71. The summed E-state index contributed by atoms with van der Waals surface area (Å²) in [4.78, 5) is 14.7. The number of imidazole rings is 1. The first-order chi connectivity index (χ1) is 17.2. The van der Waals surface area contributed by atoms with Crippen molar-refractivity contribution in [3.05, 3.63) is 53.1 Å². The van der Waals surface area contributed by atoms with Crippen molar-refractivity contribution in [3.8, 4) is 5.75 Å².